The van der Waals surface area contributed by atoms with Gasteiger partial charge >= 0.3 is 0 Å². The van der Waals surface area contributed by atoms with E-state index < -0.39 is 0 Å². The molecule has 2 aromatic rings. The Bertz CT molecular complexity index is 729. The highest BCUT2D eigenvalue weighted by Gasteiger charge is 2.08. The number of amides is 2. The Morgan fingerprint density at radius 1 is 1.04 bits per heavy atom. The first-order valence-corrected chi connectivity index (χ1v) is 8.54. The predicted molar refractivity (Wildman–Crippen MR) is 101 cm³/mol. The van der Waals surface area contributed by atoms with E-state index in [9.17, 15) is 9.59 Å². The van der Waals surface area contributed by atoms with E-state index >= 15 is 0 Å². The van der Waals surface area contributed by atoms with Crippen molar-refractivity contribution in [2.24, 2.45) is 0 Å². The minimum absolute atomic E-state index is 0.0528. The van der Waals surface area contributed by atoms with Crippen molar-refractivity contribution in [3.63, 3.8) is 0 Å². The molecular formula is C20H24N2O4. The predicted octanol–water partition coefficient (Wildman–Crippen LogP) is 2.64. The number of hydrogen-bond acceptors (Lipinski definition) is 4. The molecule has 0 atom stereocenters. The summed E-state index contributed by atoms with van der Waals surface area (Å²) in [6.07, 6.45) is 0.311. The third kappa shape index (κ3) is 6.22. The molecule has 138 valence electrons. The molecule has 0 aliphatic rings. The van der Waals surface area contributed by atoms with Gasteiger partial charge in [-0.3, -0.25) is 9.59 Å². The van der Waals surface area contributed by atoms with Crippen LogP contribution in [0.4, 0.5) is 5.69 Å². The maximum atomic E-state index is 12.4. The summed E-state index contributed by atoms with van der Waals surface area (Å²) in [5.74, 6) is 0.348. The number of nitrogens with one attached hydrogen (secondary N) is 2. The Balaban J connectivity index is 1.93. The third-order valence-electron chi connectivity index (χ3n) is 3.65. The number of rotatable bonds is 9. The summed E-state index contributed by atoms with van der Waals surface area (Å²) in [6, 6.07) is 14.2. The Kier molecular flexibility index (Phi) is 7.64. The zero-order chi connectivity index (χ0) is 18.8. The first kappa shape index (κ1) is 19.5. The lowest BCUT2D eigenvalue weighted by Gasteiger charge is -2.09. The Morgan fingerprint density at radius 2 is 1.81 bits per heavy atom. The smallest absolute Gasteiger partial charge is 0.255 e. The highest BCUT2D eigenvalue weighted by atomic mass is 16.5. The van der Waals surface area contributed by atoms with Gasteiger partial charge in [-0.2, -0.15) is 0 Å². The molecule has 6 nitrogen and oxygen atoms in total. The molecule has 0 bridgehead atoms. The van der Waals surface area contributed by atoms with Gasteiger partial charge in [0, 0.05) is 24.9 Å². The molecule has 0 aliphatic carbocycles. The van der Waals surface area contributed by atoms with Gasteiger partial charge in [-0.1, -0.05) is 18.2 Å². The second-order valence-corrected chi connectivity index (χ2v) is 5.57. The molecule has 2 N–H and O–H groups in total. The molecule has 2 rings (SSSR count). The standard InChI is InChI=1S/C20H24N2O4/c1-3-25-11-12-26-18-6-4-5-16(14-18)20(24)22-17-9-7-15(8-10-17)13-19(23)21-2/h4-10,14H,3,11-13H2,1-2H3,(H,21,23)(H,22,24). The zero-order valence-corrected chi connectivity index (χ0v) is 15.1. The zero-order valence-electron chi connectivity index (χ0n) is 15.1. The van der Waals surface area contributed by atoms with Gasteiger partial charge in [-0.05, 0) is 42.8 Å². The topological polar surface area (TPSA) is 76.7 Å². The van der Waals surface area contributed by atoms with Gasteiger partial charge in [-0.15, -0.1) is 0 Å². The van der Waals surface area contributed by atoms with Crippen LogP contribution in [-0.2, 0) is 16.0 Å². The van der Waals surface area contributed by atoms with Crippen LogP contribution in [0.2, 0.25) is 0 Å². The molecule has 6 heteroatoms. The maximum Gasteiger partial charge on any atom is 0.255 e. The van der Waals surface area contributed by atoms with E-state index in [2.05, 4.69) is 10.6 Å². The lowest BCUT2D eigenvalue weighted by molar-refractivity contribution is -0.119. The van der Waals surface area contributed by atoms with Crippen LogP contribution >= 0.6 is 0 Å². The van der Waals surface area contributed by atoms with E-state index in [1.54, 1.807) is 43.4 Å². The molecule has 0 heterocycles. The first-order valence-electron chi connectivity index (χ1n) is 8.54. The van der Waals surface area contributed by atoms with Crippen molar-refractivity contribution >= 4 is 17.5 Å². The number of likely N-dealkylation sites (N-methyl/N-ethyl adjacent to an activating group) is 1. The van der Waals surface area contributed by atoms with Gasteiger partial charge in [0.2, 0.25) is 5.91 Å². The van der Waals surface area contributed by atoms with E-state index in [-0.39, 0.29) is 11.8 Å². The number of carbonyl (C=O) groups is 2. The number of anilines is 1. The molecule has 2 aromatic carbocycles. The summed E-state index contributed by atoms with van der Waals surface area (Å²) >= 11 is 0. The largest absolute Gasteiger partial charge is 0.491 e. The molecule has 26 heavy (non-hydrogen) atoms. The van der Waals surface area contributed by atoms with Crippen LogP contribution in [0.1, 0.15) is 22.8 Å². The van der Waals surface area contributed by atoms with Gasteiger partial charge in [0.1, 0.15) is 12.4 Å². The van der Waals surface area contributed by atoms with E-state index in [0.29, 0.717) is 43.2 Å². The number of benzene rings is 2. The van der Waals surface area contributed by atoms with Gasteiger partial charge in [0.15, 0.2) is 0 Å². The fourth-order valence-electron chi connectivity index (χ4n) is 2.27. The number of ether oxygens (including phenoxy) is 2. The van der Waals surface area contributed by atoms with Crippen molar-refractivity contribution in [2.45, 2.75) is 13.3 Å². The Morgan fingerprint density at radius 3 is 2.50 bits per heavy atom. The van der Waals surface area contributed by atoms with Crippen molar-refractivity contribution < 1.29 is 19.1 Å². The van der Waals surface area contributed by atoms with Crippen LogP contribution in [0, 0.1) is 0 Å². The van der Waals surface area contributed by atoms with Crippen LogP contribution < -0.4 is 15.4 Å². The quantitative estimate of drug-likeness (QED) is 0.677. The maximum absolute atomic E-state index is 12.4. The third-order valence-corrected chi connectivity index (χ3v) is 3.65. The first-order chi connectivity index (χ1) is 12.6. The second kappa shape index (κ2) is 10.2. The SMILES string of the molecule is CCOCCOc1cccc(C(=O)Nc2ccc(CC(=O)NC)cc2)c1. The van der Waals surface area contributed by atoms with Gasteiger partial charge in [0.05, 0.1) is 13.0 Å². The summed E-state index contributed by atoms with van der Waals surface area (Å²) in [6.45, 7) is 3.52. The molecule has 0 radical (unpaired) electrons. The summed E-state index contributed by atoms with van der Waals surface area (Å²) in [5, 5.41) is 5.42. The van der Waals surface area contributed by atoms with Gasteiger partial charge in [-0.25, -0.2) is 0 Å². The van der Waals surface area contributed by atoms with Crippen LogP contribution in [0.25, 0.3) is 0 Å². The van der Waals surface area contributed by atoms with Crippen LogP contribution in [0.3, 0.4) is 0 Å². The summed E-state index contributed by atoms with van der Waals surface area (Å²) in [4.78, 5) is 23.8. The van der Waals surface area contributed by atoms with Crippen molar-refractivity contribution in [1.82, 2.24) is 5.32 Å². The minimum Gasteiger partial charge on any atom is -0.491 e. The second-order valence-electron chi connectivity index (χ2n) is 5.57. The Hall–Kier alpha value is -2.86. The molecule has 2 amide bonds. The molecule has 0 saturated carbocycles. The molecule has 0 spiro atoms. The summed E-state index contributed by atoms with van der Waals surface area (Å²) < 4.78 is 10.8. The fourth-order valence-corrected chi connectivity index (χ4v) is 2.27. The molecule has 0 saturated heterocycles. The molecule has 0 aromatic heterocycles. The molecule has 0 fully saturated rings. The van der Waals surface area contributed by atoms with Gasteiger partial charge in [0.25, 0.3) is 5.91 Å². The molecule has 0 unspecified atom stereocenters. The highest BCUT2D eigenvalue weighted by molar-refractivity contribution is 6.04. The highest BCUT2D eigenvalue weighted by Crippen LogP contribution is 2.16. The van der Waals surface area contributed by atoms with Crippen LogP contribution in [-0.4, -0.2) is 38.7 Å². The fraction of sp³-hybridized carbons (Fsp3) is 0.300. The molecular weight excluding hydrogens is 332 g/mol. The van der Waals surface area contributed by atoms with Crippen LogP contribution in [0.5, 0.6) is 5.75 Å². The average molecular weight is 356 g/mol. The summed E-state index contributed by atoms with van der Waals surface area (Å²) in [7, 11) is 1.60. The number of hydrogen-bond donors (Lipinski definition) is 2. The van der Waals surface area contributed by atoms with E-state index in [1.807, 2.05) is 19.1 Å². The molecule has 0 aliphatic heterocycles. The van der Waals surface area contributed by atoms with E-state index in [4.69, 9.17) is 9.47 Å². The minimum atomic E-state index is -0.223. The monoisotopic (exact) mass is 356 g/mol. The van der Waals surface area contributed by atoms with E-state index in [0.717, 1.165) is 5.56 Å². The normalized spacial score (nSPS) is 10.2. The Labute approximate surface area is 153 Å². The van der Waals surface area contributed by atoms with E-state index in [1.165, 1.54) is 0 Å². The van der Waals surface area contributed by atoms with Gasteiger partial charge < -0.3 is 20.1 Å². The lowest BCUT2D eigenvalue weighted by Crippen LogP contribution is -2.19. The average Bonchev–Trinajstić information content (AvgIpc) is 2.67. The van der Waals surface area contributed by atoms with Crippen molar-refractivity contribution in [2.75, 3.05) is 32.2 Å². The van der Waals surface area contributed by atoms with Crippen molar-refractivity contribution in [3.8, 4) is 5.75 Å². The number of carbonyl (C=O) groups excluding carboxylic acids is 2. The summed E-state index contributed by atoms with van der Waals surface area (Å²) in [5.41, 5.74) is 2.05. The van der Waals surface area contributed by atoms with Crippen molar-refractivity contribution in [1.29, 1.82) is 0 Å². The lowest BCUT2D eigenvalue weighted by atomic mass is 10.1. The van der Waals surface area contributed by atoms with Crippen LogP contribution in [0.15, 0.2) is 48.5 Å². The van der Waals surface area contributed by atoms with Crippen molar-refractivity contribution in [3.05, 3.63) is 59.7 Å².